The van der Waals surface area contributed by atoms with Gasteiger partial charge in [0.05, 0.1) is 12.1 Å². The van der Waals surface area contributed by atoms with Gasteiger partial charge in [-0.15, -0.1) is 0 Å². The van der Waals surface area contributed by atoms with Gasteiger partial charge < -0.3 is 4.90 Å². The summed E-state index contributed by atoms with van der Waals surface area (Å²) in [7, 11) is 0. The second kappa shape index (κ2) is 4.47. The number of para-hydroxylation sites is 1. The Morgan fingerprint density at radius 1 is 1.12 bits per heavy atom. The summed E-state index contributed by atoms with van der Waals surface area (Å²) < 4.78 is 0. The van der Waals surface area contributed by atoms with Crippen molar-refractivity contribution in [3.05, 3.63) is 29.8 Å². The minimum Gasteiger partial charge on any atom is -0.371 e. The minimum absolute atomic E-state index is 0.633. The number of anilines is 1. The molecule has 1 heterocycles. The smallest absolute Gasteiger partial charge is 0.147 e. The van der Waals surface area contributed by atoms with Gasteiger partial charge >= 0.3 is 0 Å². The maximum atomic E-state index is 9.06. The fraction of sp³-hybridized carbons (Fsp3) is 0.429. The number of nitrogens with zero attached hydrogens (tertiary/aromatic N) is 3. The third-order valence-electron chi connectivity index (χ3n) is 3.50. The van der Waals surface area contributed by atoms with Crippen molar-refractivity contribution in [2.75, 3.05) is 18.0 Å². The second-order valence-electron chi connectivity index (χ2n) is 4.58. The van der Waals surface area contributed by atoms with E-state index in [1.54, 1.807) is 0 Å². The van der Waals surface area contributed by atoms with E-state index in [0.29, 0.717) is 12.8 Å². The van der Waals surface area contributed by atoms with E-state index in [4.69, 9.17) is 10.5 Å². The van der Waals surface area contributed by atoms with Crippen LogP contribution < -0.4 is 4.90 Å². The maximum absolute atomic E-state index is 9.06. The molecule has 0 bridgehead atoms. The molecule has 17 heavy (non-hydrogen) atoms. The summed E-state index contributed by atoms with van der Waals surface area (Å²) in [5.74, 6) is 0. The van der Waals surface area contributed by atoms with Gasteiger partial charge in [0, 0.05) is 18.8 Å². The van der Waals surface area contributed by atoms with Crippen molar-refractivity contribution in [1.82, 2.24) is 0 Å². The highest BCUT2D eigenvalue weighted by Gasteiger charge is 2.35. The van der Waals surface area contributed by atoms with Crippen molar-refractivity contribution in [3.63, 3.8) is 0 Å². The van der Waals surface area contributed by atoms with E-state index >= 15 is 0 Å². The first kappa shape index (κ1) is 11.5. The zero-order chi connectivity index (χ0) is 12.3. The molecule has 1 saturated heterocycles. The van der Waals surface area contributed by atoms with E-state index in [9.17, 15) is 0 Å². The third-order valence-corrected chi connectivity index (χ3v) is 3.50. The van der Waals surface area contributed by atoms with Gasteiger partial charge in [-0.25, -0.2) is 0 Å². The molecule has 86 valence electrons. The number of nitriles is 2. The Balaban J connectivity index is 2.14. The van der Waals surface area contributed by atoms with Gasteiger partial charge in [-0.1, -0.05) is 18.2 Å². The van der Waals surface area contributed by atoms with Crippen LogP contribution in [-0.2, 0) is 0 Å². The average molecular weight is 225 g/mol. The highest BCUT2D eigenvalue weighted by molar-refractivity contribution is 5.53. The Bertz CT molecular complexity index is 469. The van der Waals surface area contributed by atoms with Crippen molar-refractivity contribution in [2.24, 2.45) is 5.41 Å². The lowest BCUT2D eigenvalue weighted by Gasteiger charge is -2.35. The van der Waals surface area contributed by atoms with Crippen LogP contribution in [0.3, 0.4) is 0 Å². The molecule has 0 N–H and O–H groups in total. The first-order valence-electron chi connectivity index (χ1n) is 5.84. The summed E-state index contributed by atoms with van der Waals surface area (Å²) >= 11 is 0. The van der Waals surface area contributed by atoms with Crippen LogP contribution in [0.15, 0.2) is 24.3 Å². The topological polar surface area (TPSA) is 50.8 Å². The van der Waals surface area contributed by atoms with Gasteiger partial charge in [0.2, 0.25) is 0 Å². The molecular weight excluding hydrogens is 210 g/mol. The number of hydrogen-bond donors (Lipinski definition) is 0. The van der Waals surface area contributed by atoms with Gasteiger partial charge in [-0.3, -0.25) is 0 Å². The third kappa shape index (κ3) is 2.10. The first-order valence-corrected chi connectivity index (χ1v) is 5.84. The summed E-state index contributed by atoms with van der Waals surface area (Å²) in [4.78, 5) is 2.27. The largest absolute Gasteiger partial charge is 0.371 e. The van der Waals surface area contributed by atoms with Gasteiger partial charge in [-0.05, 0) is 31.4 Å². The SMILES string of the molecule is Cc1ccccc1N1CCC(C#N)(C#N)CC1. The lowest BCUT2D eigenvalue weighted by Crippen LogP contribution is -2.39. The van der Waals surface area contributed by atoms with Crippen molar-refractivity contribution < 1.29 is 0 Å². The van der Waals surface area contributed by atoms with Crippen LogP contribution in [0.25, 0.3) is 0 Å². The summed E-state index contributed by atoms with van der Waals surface area (Å²) in [5.41, 5.74) is 1.70. The molecule has 1 aliphatic heterocycles. The normalized spacial score (nSPS) is 18.2. The Morgan fingerprint density at radius 2 is 1.71 bits per heavy atom. The van der Waals surface area contributed by atoms with E-state index in [-0.39, 0.29) is 0 Å². The van der Waals surface area contributed by atoms with E-state index in [1.165, 1.54) is 11.3 Å². The molecule has 1 fully saturated rings. The molecule has 0 spiro atoms. The lowest BCUT2D eigenvalue weighted by molar-refractivity contribution is 0.393. The van der Waals surface area contributed by atoms with Gasteiger partial charge in [-0.2, -0.15) is 10.5 Å². The van der Waals surface area contributed by atoms with Gasteiger partial charge in [0.1, 0.15) is 5.41 Å². The van der Waals surface area contributed by atoms with Crippen LogP contribution in [0.2, 0.25) is 0 Å². The highest BCUT2D eigenvalue weighted by atomic mass is 15.1. The molecular formula is C14H15N3. The molecule has 1 aromatic carbocycles. The van der Waals surface area contributed by atoms with Crippen molar-refractivity contribution in [3.8, 4) is 12.1 Å². The highest BCUT2D eigenvalue weighted by Crippen LogP contribution is 2.33. The second-order valence-corrected chi connectivity index (χ2v) is 4.58. The molecule has 0 unspecified atom stereocenters. The maximum Gasteiger partial charge on any atom is 0.147 e. The zero-order valence-corrected chi connectivity index (χ0v) is 9.98. The summed E-state index contributed by atoms with van der Waals surface area (Å²) in [6.45, 7) is 3.66. The predicted molar refractivity (Wildman–Crippen MR) is 66.3 cm³/mol. The Hall–Kier alpha value is -2.00. The van der Waals surface area contributed by atoms with Crippen LogP contribution in [-0.4, -0.2) is 13.1 Å². The number of aryl methyl sites for hydroxylation is 1. The predicted octanol–water partition coefficient (Wildman–Crippen LogP) is 2.63. The Morgan fingerprint density at radius 3 is 2.24 bits per heavy atom. The van der Waals surface area contributed by atoms with Gasteiger partial charge in [0.15, 0.2) is 0 Å². The van der Waals surface area contributed by atoms with Crippen LogP contribution in [0.5, 0.6) is 0 Å². The molecule has 0 aromatic heterocycles. The average Bonchev–Trinajstić information content (AvgIpc) is 2.40. The van der Waals surface area contributed by atoms with E-state index in [0.717, 1.165) is 13.1 Å². The molecule has 0 saturated carbocycles. The van der Waals surface area contributed by atoms with Crippen molar-refractivity contribution >= 4 is 5.69 Å². The first-order chi connectivity index (χ1) is 8.21. The van der Waals surface area contributed by atoms with Crippen LogP contribution in [0.1, 0.15) is 18.4 Å². The molecule has 1 aliphatic rings. The lowest BCUT2D eigenvalue weighted by atomic mass is 9.81. The van der Waals surface area contributed by atoms with Crippen molar-refractivity contribution in [2.45, 2.75) is 19.8 Å². The summed E-state index contributed by atoms with van der Waals surface area (Å²) in [5, 5.41) is 18.1. The summed E-state index contributed by atoms with van der Waals surface area (Å²) in [6.07, 6.45) is 1.27. The number of piperidine rings is 1. The van der Waals surface area contributed by atoms with E-state index in [2.05, 4.69) is 36.1 Å². The van der Waals surface area contributed by atoms with Crippen molar-refractivity contribution in [1.29, 1.82) is 10.5 Å². The molecule has 0 aliphatic carbocycles. The monoisotopic (exact) mass is 225 g/mol. The standard InChI is InChI=1S/C14H15N3/c1-12-4-2-3-5-13(12)17-8-6-14(10-15,11-16)7-9-17/h2-5H,6-9H2,1H3. The molecule has 0 atom stereocenters. The summed E-state index contributed by atoms with van der Waals surface area (Å²) in [6, 6.07) is 12.6. The Kier molecular flexibility index (Phi) is 3.02. The molecule has 3 nitrogen and oxygen atoms in total. The molecule has 2 rings (SSSR count). The molecule has 3 heteroatoms. The fourth-order valence-electron chi connectivity index (χ4n) is 2.30. The molecule has 0 amide bonds. The van der Waals surface area contributed by atoms with Gasteiger partial charge in [0.25, 0.3) is 0 Å². The number of hydrogen-bond acceptors (Lipinski definition) is 3. The molecule has 1 aromatic rings. The van der Waals surface area contributed by atoms with Crippen LogP contribution in [0.4, 0.5) is 5.69 Å². The quantitative estimate of drug-likeness (QED) is 0.738. The minimum atomic E-state index is -0.765. The number of rotatable bonds is 1. The number of benzene rings is 1. The van der Waals surface area contributed by atoms with E-state index in [1.807, 2.05) is 12.1 Å². The van der Waals surface area contributed by atoms with E-state index < -0.39 is 5.41 Å². The van der Waals surface area contributed by atoms with Crippen LogP contribution >= 0.6 is 0 Å². The Labute approximate surface area is 102 Å². The fourth-order valence-corrected chi connectivity index (χ4v) is 2.30. The zero-order valence-electron chi connectivity index (χ0n) is 9.98. The molecule has 0 radical (unpaired) electrons. The van der Waals surface area contributed by atoms with Crippen LogP contribution in [0, 0.1) is 35.0 Å².